The molecule has 0 N–H and O–H groups in total. The van der Waals surface area contributed by atoms with Crippen molar-refractivity contribution in [1.82, 2.24) is 0 Å². The number of carbonyl (C=O) groups excluding carboxylic acids is 3. The fourth-order valence-corrected chi connectivity index (χ4v) is 9.42. The first-order valence-electron chi connectivity index (χ1n) is 33.9. The summed E-state index contributed by atoms with van der Waals surface area (Å²) in [7, 11) is 0. The SMILES string of the molecule is CC/C=C\C/C=C\C/C=C\C/C=C\C/C=C\C/C=C\C/C=C\CCCCCCCCCCCCCC(=O)OCC(COC(=O)CCCCCCC/C=C\CCC)OC(=O)CCCCCCCCCCC/C=C\CCCCCCCC. The summed E-state index contributed by atoms with van der Waals surface area (Å²) in [6, 6.07) is 0. The Morgan fingerprint density at radius 2 is 0.512 bits per heavy atom. The molecule has 80 heavy (non-hydrogen) atoms. The van der Waals surface area contributed by atoms with Crippen LogP contribution in [-0.4, -0.2) is 37.2 Å². The molecule has 0 saturated heterocycles. The Balaban J connectivity index is 4.18. The van der Waals surface area contributed by atoms with Crippen molar-refractivity contribution in [3.63, 3.8) is 0 Å². The molecule has 0 spiro atoms. The summed E-state index contributed by atoms with van der Waals surface area (Å²) in [5, 5.41) is 0. The molecule has 1 atom stereocenters. The summed E-state index contributed by atoms with van der Waals surface area (Å²) in [6.45, 7) is 6.47. The number of hydrogen-bond acceptors (Lipinski definition) is 6. The van der Waals surface area contributed by atoms with Crippen LogP contribution in [0.3, 0.4) is 0 Å². The number of ether oxygens (including phenoxy) is 3. The highest BCUT2D eigenvalue weighted by Crippen LogP contribution is 2.16. The molecule has 6 nitrogen and oxygen atoms in total. The van der Waals surface area contributed by atoms with Gasteiger partial charge in [-0.15, -0.1) is 0 Å². The Kier molecular flexibility index (Phi) is 64.3. The fraction of sp³-hybridized carbons (Fsp3) is 0.716. The Morgan fingerprint density at radius 1 is 0.263 bits per heavy atom. The Bertz CT molecular complexity index is 1610. The molecule has 0 rings (SSSR count). The van der Waals surface area contributed by atoms with Crippen molar-refractivity contribution in [2.24, 2.45) is 0 Å². The van der Waals surface area contributed by atoms with Crippen LogP contribution in [0.15, 0.2) is 109 Å². The van der Waals surface area contributed by atoms with Crippen LogP contribution in [0, 0.1) is 0 Å². The molecule has 0 aliphatic heterocycles. The van der Waals surface area contributed by atoms with Gasteiger partial charge in [0, 0.05) is 19.3 Å². The lowest BCUT2D eigenvalue weighted by Gasteiger charge is -2.18. The molecule has 0 aromatic carbocycles. The molecular weight excluding hydrogens is 985 g/mol. The van der Waals surface area contributed by atoms with Gasteiger partial charge in [0.05, 0.1) is 0 Å². The second-order valence-electron chi connectivity index (χ2n) is 22.3. The molecule has 0 fully saturated rings. The minimum Gasteiger partial charge on any atom is -0.462 e. The maximum absolute atomic E-state index is 12.9. The molecule has 0 aliphatic carbocycles. The number of hydrogen-bond donors (Lipinski definition) is 0. The molecule has 0 amide bonds. The zero-order valence-electron chi connectivity index (χ0n) is 52.6. The largest absolute Gasteiger partial charge is 0.462 e. The minimum absolute atomic E-state index is 0.0815. The van der Waals surface area contributed by atoms with Gasteiger partial charge in [-0.25, -0.2) is 0 Å². The van der Waals surface area contributed by atoms with Crippen LogP contribution in [0.25, 0.3) is 0 Å². The number of allylic oxidation sites excluding steroid dienone is 18. The van der Waals surface area contributed by atoms with Crippen LogP contribution in [0.5, 0.6) is 0 Å². The van der Waals surface area contributed by atoms with Crippen LogP contribution in [-0.2, 0) is 28.6 Å². The number of unbranched alkanes of at least 4 members (excludes halogenated alkanes) is 32. The van der Waals surface area contributed by atoms with Crippen molar-refractivity contribution in [3.05, 3.63) is 109 Å². The fourth-order valence-electron chi connectivity index (χ4n) is 9.42. The summed E-state index contributed by atoms with van der Waals surface area (Å²) < 4.78 is 16.9. The van der Waals surface area contributed by atoms with E-state index in [2.05, 4.69) is 130 Å². The summed E-state index contributed by atoms with van der Waals surface area (Å²) in [4.78, 5) is 38.3. The van der Waals surface area contributed by atoms with Crippen LogP contribution in [0.1, 0.15) is 323 Å². The van der Waals surface area contributed by atoms with Gasteiger partial charge in [0.25, 0.3) is 0 Å². The van der Waals surface area contributed by atoms with Gasteiger partial charge < -0.3 is 14.2 Å². The lowest BCUT2D eigenvalue weighted by molar-refractivity contribution is -0.167. The summed E-state index contributed by atoms with van der Waals surface area (Å²) in [5.41, 5.74) is 0. The maximum Gasteiger partial charge on any atom is 0.306 e. The van der Waals surface area contributed by atoms with E-state index in [4.69, 9.17) is 14.2 Å². The van der Waals surface area contributed by atoms with Crippen molar-refractivity contribution >= 4 is 17.9 Å². The third-order valence-electron chi connectivity index (χ3n) is 14.5. The molecule has 1 unspecified atom stereocenters. The van der Waals surface area contributed by atoms with Gasteiger partial charge in [-0.05, 0) is 122 Å². The van der Waals surface area contributed by atoms with E-state index in [9.17, 15) is 14.4 Å². The number of carbonyl (C=O) groups is 3. The zero-order chi connectivity index (χ0) is 57.8. The summed E-state index contributed by atoms with van der Waals surface area (Å²) in [5.74, 6) is -0.888. The summed E-state index contributed by atoms with van der Waals surface area (Å²) >= 11 is 0. The first-order valence-corrected chi connectivity index (χ1v) is 33.9. The Morgan fingerprint density at radius 3 is 0.825 bits per heavy atom. The van der Waals surface area contributed by atoms with Gasteiger partial charge in [0.1, 0.15) is 13.2 Å². The van der Waals surface area contributed by atoms with Crippen molar-refractivity contribution in [2.45, 2.75) is 329 Å². The lowest BCUT2D eigenvalue weighted by Crippen LogP contribution is -2.30. The van der Waals surface area contributed by atoms with E-state index in [-0.39, 0.29) is 31.1 Å². The average Bonchev–Trinajstić information content (AvgIpc) is 3.46. The molecule has 0 aromatic heterocycles. The van der Waals surface area contributed by atoms with Gasteiger partial charge >= 0.3 is 17.9 Å². The number of esters is 3. The highest BCUT2D eigenvalue weighted by atomic mass is 16.6. The zero-order valence-corrected chi connectivity index (χ0v) is 52.6. The van der Waals surface area contributed by atoms with E-state index in [1.165, 1.54) is 167 Å². The second kappa shape index (κ2) is 67.6. The van der Waals surface area contributed by atoms with E-state index >= 15 is 0 Å². The van der Waals surface area contributed by atoms with E-state index in [0.29, 0.717) is 19.3 Å². The Hall–Kier alpha value is -3.93. The van der Waals surface area contributed by atoms with Crippen LogP contribution in [0.2, 0.25) is 0 Å². The third kappa shape index (κ3) is 64.9. The van der Waals surface area contributed by atoms with Gasteiger partial charge in [-0.2, -0.15) is 0 Å². The Labute approximate surface area is 495 Å². The molecule has 0 aliphatic rings. The molecule has 0 aromatic rings. The first-order chi connectivity index (χ1) is 39.5. The van der Waals surface area contributed by atoms with Crippen molar-refractivity contribution < 1.29 is 28.6 Å². The molecular formula is C74H126O6. The highest BCUT2D eigenvalue weighted by molar-refractivity contribution is 5.71. The van der Waals surface area contributed by atoms with Crippen molar-refractivity contribution in [1.29, 1.82) is 0 Å². The second-order valence-corrected chi connectivity index (χ2v) is 22.3. The van der Waals surface area contributed by atoms with Crippen molar-refractivity contribution in [2.75, 3.05) is 13.2 Å². The van der Waals surface area contributed by atoms with Gasteiger partial charge in [0.15, 0.2) is 6.10 Å². The third-order valence-corrected chi connectivity index (χ3v) is 14.5. The molecule has 0 saturated carbocycles. The van der Waals surface area contributed by atoms with E-state index in [0.717, 1.165) is 116 Å². The maximum atomic E-state index is 12.9. The topological polar surface area (TPSA) is 78.9 Å². The van der Waals surface area contributed by atoms with E-state index in [1.54, 1.807) is 0 Å². The van der Waals surface area contributed by atoms with E-state index in [1.807, 2.05) is 0 Å². The van der Waals surface area contributed by atoms with E-state index < -0.39 is 6.10 Å². The monoisotopic (exact) mass is 1110 g/mol. The average molecular weight is 1110 g/mol. The van der Waals surface area contributed by atoms with Gasteiger partial charge in [0.2, 0.25) is 0 Å². The normalized spacial score (nSPS) is 12.8. The standard InChI is InChI=1S/C74H126O6/c1-4-7-10-13-16-19-22-24-26-28-30-31-32-33-34-35-36-37-38-39-40-41-42-43-45-46-48-50-52-55-58-61-64-67-73(76)79-70-71(69-78-72(75)66-63-60-57-54-21-18-15-12-9-6-3)80-74(77)68-65-62-59-56-53-51-49-47-44-29-27-25-23-20-17-14-11-8-5-2/h7,10,12,15-16,19,24-27,30-31,33-34,36-37,39-40,71H,4-6,8-9,11,13-14,17-18,20-23,28-29,32,35,38,41-70H2,1-3H3/b10-7-,15-12-,19-16-,26-24-,27-25-,31-30-,34-33-,37-36-,40-39-. The molecule has 6 heteroatoms. The minimum atomic E-state index is -0.784. The molecule has 0 bridgehead atoms. The van der Waals surface area contributed by atoms with Gasteiger partial charge in [-0.1, -0.05) is 291 Å². The van der Waals surface area contributed by atoms with Gasteiger partial charge in [-0.3, -0.25) is 14.4 Å². The highest BCUT2D eigenvalue weighted by Gasteiger charge is 2.19. The summed E-state index contributed by atoms with van der Waals surface area (Å²) in [6.07, 6.45) is 92.6. The molecule has 0 radical (unpaired) electrons. The molecule has 0 heterocycles. The molecule has 458 valence electrons. The van der Waals surface area contributed by atoms with Crippen molar-refractivity contribution in [3.8, 4) is 0 Å². The van der Waals surface area contributed by atoms with Crippen LogP contribution in [0.4, 0.5) is 0 Å². The lowest BCUT2D eigenvalue weighted by atomic mass is 10.0. The predicted octanol–water partition coefficient (Wildman–Crippen LogP) is 23.4. The van der Waals surface area contributed by atoms with Crippen LogP contribution < -0.4 is 0 Å². The number of rotatable bonds is 61. The quantitative estimate of drug-likeness (QED) is 0.0261. The predicted molar refractivity (Wildman–Crippen MR) is 348 cm³/mol. The van der Waals surface area contributed by atoms with Crippen LogP contribution >= 0.6 is 0 Å². The first kappa shape index (κ1) is 76.1. The smallest absolute Gasteiger partial charge is 0.306 e.